The number of nitrogens with zero attached hydrogens (tertiary/aromatic N) is 1. The number of hydrogen-bond donors (Lipinski definition) is 2. The molecule has 2 aromatic rings. The molecule has 0 spiro atoms. The van der Waals surface area contributed by atoms with Crippen LogP contribution >= 0.6 is 0 Å². The van der Waals surface area contributed by atoms with Crippen LogP contribution in [0.25, 0.3) is 0 Å². The highest BCUT2D eigenvalue weighted by Gasteiger charge is 2.40. The predicted molar refractivity (Wildman–Crippen MR) is 144 cm³/mol. The lowest BCUT2D eigenvalue weighted by Gasteiger charge is -2.40. The van der Waals surface area contributed by atoms with Crippen LogP contribution in [0.3, 0.4) is 0 Å². The molecule has 0 heterocycles. The molecule has 7 heteroatoms. The SMILES string of the molecule is CC(C)(C)OC(=O)N(CCc1ccc(N)c(N)c1)CC(O[Si](C)(C)C(C)(C)C)c1ccccc1. The summed E-state index contributed by atoms with van der Waals surface area (Å²) in [5.41, 5.74) is 14.4. The van der Waals surface area contributed by atoms with Crippen LogP contribution < -0.4 is 11.5 Å². The Hall–Kier alpha value is -2.51. The van der Waals surface area contributed by atoms with Gasteiger partial charge < -0.3 is 25.5 Å². The highest BCUT2D eigenvalue weighted by molar-refractivity contribution is 6.74. The Morgan fingerprint density at radius 3 is 2.12 bits per heavy atom. The number of nitrogens with two attached hydrogens (primary N) is 2. The fourth-order valence-corrected chi connectivity index (χ4v) is 4.51. The Kier molecular flexibility index (Phi) is 8.83. The molecule has 1 amide bonds. The lowest BCUT2D eigenvalue weighted by molar-refractivity contribution is 0.0159. The van der Waals surface area contributed by atoms with Crippen molar-refractivity contribution in [1.29, 1.82) is 0 Å². The fourth-order valence-electron chi connectivity index (χ4n) is 3.24. The Balaban J connectivity index is 2.34. The maximum atomic E-state index is 13.2. The van der Waals surface area contributed by atoms with Gasteiger partial charge in [-0.3, -0.25) is 0 Å². The molecule has 0 aliphatic rings. The van der Waals surface area contributed by atoms with Crippen molar-refractivity contribution in [3.63, 3.8) is 0 Å². The van der Waals surface area contributed by atoms with Crippen LogP contribution in [0.15, 0.2) is 48.5 Å². The number of ether oxygens (including phenoxy) is 1. The summed E-state index contributed by atoms with van der Waals surface area (Å²) in [5.74, 6) is 0. The maximum Gasteiger partial charge on any atom is 0.410 e. The van der Waals surface area contributed by atoms with E-state index in [4.69, 9.17) is 20.6 Å². The monoisotopic (exact) mass is 485 g/mol. The minimum absolute atomic E-state index is 0.0400. The molecule has 0 aromatic heterocycles. The van der Waals surface area contributed by atoms with Gasteiger partial charge in [-0.05, 0) is 68.6 Å². The molecule has 2 aromatic carbocycles. The van der Waals surface area contributed by atoms with Crippen LogP contribution in [0.2, 0.25) is 18.1 Å². The zero-order chi connectivity index (χ0) is 25.7. The topological polar surface area (TPSA) is 90.8 Å². The second kappa shape index (κ2) is 10.8. The normalized spacial score (nSPS) is 13.4. The molecule has 0 saturated heterocycles. The van der Waals surface area contributed by atoms with E-state index < -0.39 is 13.9 Å². The number of hydrogen-bond acceptors (Lipinski definition) is 5. The molecule has 2 rings (SSSR count). The summed E-state index contributed by atoms with van der Waals surface area (Å²) < 4.78 is 12.6. The first-order valence-corrected chi connectivity index (χ1v) is 14.8. The zero-order valence-corrected chi connectivity index (χ0v) is 23.1. The summed E-state index contributed by atoms with van der Waals surface area (Å²) in [7, 11) is -2.11. The molecule has 0 fully saturated rings. The molecule has 0 aliphatic heterocycles. The Morgan fingerprint density at radius 2 is 1.59 bits per heavy atom. The number of amides is 1. The van der Waals surface area contributed by atoms with Crippen molar-refractivity contribution >= 4 is 25.8 Å². The van der Waals surface area contributed by atoms with Crippen LogP contribution in [0.4, 0.5) is 16.2 Å². The first kappa shape index (κ1) is 27.7. The largest absolute Gasteiger partial charge is 0.444 e. The Labute approximate surface area is 206 Å². The van der Waals surface area contributed by atoms with Gasteiger partial charge >= 0.3 is 6.09 Å². The average molecular weight is 486 g/mol. The summed E-state index contributed by atoms with van der Waals surface area (Å²) >= 11 is 0. The molecule has 188 valence electrons. The van der Waals surface area contributed by atoms with Gasteiger partial charge in [-0.25, -0.2) is 4.79 Å². The third-order valence-corrected chi connectivity index (χ3v) is 10.8. The van der Waals surface area contributed by atoms with Crippen molar-refractivity contribution in [3.8, 4) is 0 Å². The summed E-state index contributed by atoms with van der Waals surface area (Å²) in [6.07, 6.45) is 0.0208. The second-order valence-corrected chi connectivity index (χ2v) is 16.2. The highest BCUT2D eigenvalue weighted by atomic mass is 28.4. The smallest absolute Gasteiger partial charge is 0.410 e. The first-order valence-electron chi connectivity index (χ1n) is 11.9. The number of anilines is 2. The third-order valence-electron chi connectivity index (χ3n) is 6.27. The molecule has 34 heavy (non-hydrogen) atoms. The van der Waals surface area contributed by atoms with Gasteiger partial charge in [-0.2, -0.15) is 0 Å². The maximum absolute atomic E-state index is 13.2. The van der Waals surface area contributed by atoms with Gasteiger partial charge in [-0.1, -0.05) is 57.2 Å². The molecule has 0 aliphatic carbocycles. The second-order valence-electron chi connectivity index (χ2n) is 11.4. The van der Waals surface area contributed by atoms with E-state index in [9.17, 15) is 4.79 Å². The third kappa shape index (κ3) is 8.06. The minimum atomic E-state index is -2.11. The number of carbonyl (C=O) groups excluding carboxylic acids is 1. The molecule has 4 N–H and O–H groups in total. The van der Waals surface area contributed by atoms with Crippen LogP contribution in [0.1, 0.15) is 58.8 Å². The van der Waals surface area contributed by atoms with E-state index in [0.717, 1.165) is 11.1 Å². The van der Waals surface area contributed by atoms with Gasteiger partial charge in [0.05, 0.1) is 24.0 Å². The molecule has 0 bridgehead atoms. The van der Waals surface area contributed by atoms with Crippen molar-refractivity contribution in [3.05, 3.63) is 59.7 Å². The quantitative estimate of drug-likeness (QED) is 0.334. The van der Waals surface area contributed by atoms with E-state index in [1.54, 1.807) is 11.0 Å². The Morgan fingerprint density at radius 1 is 0.971 bits per heavy atom. The average Bonchev–Trinajstić information content (AvgIpc) is 2.71. The van der Waals surface area contributed by atoms with Crippen molar-refractivity contribution in [2.24, 2.45) is 0 Å². The van der Waals surface area contributed by atoms with Gasteiger partial charge in [0.25, 0.3) is 0 Å². The van der Waals surface area contributed by atoms with E-state index in [0.29, 0.717) is 30.9 Å². The zero-order valence-electron chi connectivity index (χ0n) is 22.1. The molecule has 1 unspecified atom stereocenters. The van der Waals surface area contributed by atoms with Crippen molar-refractivity contribution in [2.45, 2.75) is 77.8 Å². The van der Waals surface area contributed by atoms with Crippen molar-refractivity contribution in [1.82, 2.24) is 4.90 Å². The summed E-state index contributed by atoms with van der Waals surface area (Å²) in [6, 6.07) is 15.7. The van der Waals surface area contributed by atoms with Crippen LogP contribution in [-0.4, -0.2) is 38.0 Å². The predicted octanol–water partition coefficient (Wildman–Crippen LogP) is 6.39. The highest BCUT2D eigenvalue weighted by Crippen LogP contribution is 2.40. The van der Waals surface area contributed by atoms with Crippen molar-refractivity contribution in [2.75, 3.05) is 24.6 Å². The molecule has 6 nitrogen and oxygen atoms in total. The van der Waals surface area contributed by atoms with Gasteiger partial charge in [0.2, 0.25) is 0 Å². The van der Waals surface area contributed by atoms with E-state index in [2.05, 4.69) is 46.0 Å². The number of rotatable bonds is 8. The van der Waals surface area contributed by atoms with Crippen LogP contribution in [-0.2, 0) is 15.6 Å². The number of nitrogen functional groups attached to an aromatic ring is 2. The summed E-state index contributed by atoms with van der Waals surface area (Å²) in [6.45, 7) is 17.6. The molecule has 0 saturated carbocycles. The first-order chi connectivity index (χ1) is 15.6. The van der Waals surface area contributed by atoms with Crippen LogP contribution in [0.5, 0.6) is 0 Å². The van der Waals surface area contributed by atoms with Crippen LogP contribution in [0, 0.1) is 0 Å². The number of carbonyl (C=O) groups is 1. The van der Waals surface area contributed by atoms with Gasteiger partial charge in [0.15, 0.2) is 8.32 Å². The standard InChI is InChI=1S/C27H43N3O3Si/c1-26(2,3)32-25(31)30(17-16-20-14-15-22(28)23(29)18-20)19-24(21-12-10-9-11-13-21)33-34(7,8)27(4,5)6/h9-15,18,24H,16-17,19,28-29H2,1-8H3. The lowest BCUT2D eigenvalue weighted by atomic mass is 10.1. The molecule has 1 atom stereocenters. The van der Waals surface area contributed by atoms with E-state index >= 15 is 0 Å². The molecular formula is C27H43N3O3Si. The summed E-state index contributed by atoms with van der Waals surface area (Å²) in [4.78, 5) is 15.0. The van der Waals surface area contributed by atoms with E-state index in [-0.39, 0.29) is 17.2 Å². The lowest BCUT2D eigenvalue weighted by Crippen LogP contribution is -2.46. The molecular weight excluding hydrogens is 442 g/mol. The minimum Gasteiger partial charge on any atom is -0.444 e. The van der Waals surface area contributed by atoms with Gasteiger partial charge in [0.1, 0.15) is 5.60 Å². The summed E-state index contributed by atoms with van der Waals surface area (Å²) in [5, 5.41) is 0.0400. The molecule has 0 radical (unpaired) electrons. The van der Waals surface area contributed by atoms with Crippen molar-refractivity contribution < 1.29 is 14.0 Å². The van der Waals surface area contributed by atoms with Gasteiger partial charge in [0, 0.05) is 6.54 Å². The van der Waals surface area contributed by atoms with E-state index in [1.165, 1.54) is 0 Å². The van der Waals surface area contributed by atoms with E-state index in [1.807, 2.05) is 51.1 Å². The Bertz CT molecular complexity index is 950. The number of benzene rings is 2. The fraction of sp³-hybridized carbons (Fsp3) is 0.519. The van der Waals surface area contributed by atoms with Gasteiger partial charge in [-0.15, -0.1) is 0 Å².